The van der Waals surface area contributed by atoms with E-state index in [1.165, 1.54) is 11.9 Å². The maximum atomic E-state index is 13.1. The Morgan fingerprint density at radius 1 is 1.28 bits per heavy atom. The van der Waals surface area contributed by atoms with Crippen LogP contribution in [0.3, 0.4) is 0 Å². The van der Waals surface area contributed by atoms with Gasteiger partial charge in [-0.1, -0.05) is 19.1 Å². The molecule has 9 nitrogen and oxygen atoms in total. The standard InChI is InChI=1S/C20H26N4O5/c1-4-20(13-5-9-15(29-3)10-6-13)18(27)24(19(28)22-20)12-17(26)23(2)11-16(25)21-14-7-8-14/h5-6,9-10,14H,4,7-8,11-12H2,1-3H3,(H,21,25)(H,22,28)/t20-/m0/s1. The van der Waals surface area contributed by atoms with Gasteiger partial charge < -0.3 is 20.3 Å². The van der Waals surface area contributed by atoms with Gasteiger partial charge in [0.2, 0.25) is 11.8 Å². The summed E-state index contributed by atoms with van der Waals surface area (Å²) in [5.41, 5.74) is -0.614. The third-order valence-corrected chi connectivity index (χ3v) is 5.33. The molecule has 3 rings (SSSR count). The third-order valence-electron chi connectivity index (χ3n) is 5.33. The summed E-state index contributed by atoms with van der Waals surface area (Å²) in [6, 6.07) is 6.45. The maximum absolute atomic E-state index is 13.1. The molecule has 1 heterocycles. The van der Waals surface area contributed by atoms with Gasteiger partial charge in [-0.05, 0) is 37.0 Å². The highest BCUT2D eigenvalue weighted by molar-refractivity contribution is 6.09. The van der Waals surface area contributed by atoms with Crippen molar-refractivity contribution in [1.82, 2.24) is 20.4 Å². The van der Waals surface area contributed by atoms with E-state index in [-0.39, 0.29) is 18.5 Å². The molecule has 0 unspecified atom stereocenters. The molecule has 1 saturated heterocycles. The van der Waals surface area contributed by atoms with Crippen molar-refractivity contribution >= 4 is 23.8 Å². The van der Waals surface area contributed by atoms with Gasteiger partial charge in [0.1, 0.15) is 17.8 Å². The highest BCUT2D eigenvalue weighted by atomic mass is 16.5. The second-order valence-electron chi connectivity index (χ2n) is 7.40. The molecule has 2 aliphatic rings. The molecule has 1 aliphatic heterocycles. The molecule has 0 spiro atoms. The molecule has 0 bridgehead atoms. The molecule has 1 aliphatic carbocycles. The van der Waals surface area contributed by atoms with Crippen LogP contribution in [-0.4, -0.2) is 66.8 Å². The van der Waals surface area contributed by atoms with Crippen LogP contribution in [0.4, 0.5) is 4.79 Å². The lowest BCUT2D eigenvalue weighted by Crippen LogP contribution is -2.46. The second-order valence-corrected chi connectivity index (χ2v) is 7.40. The number of ether oxygens (including phenoxy) is 1. The monoisotopic (exact) mass is 402 g/mol. The molecule has 156 valence electrons. The molecule has 1 saturated carbocycles. The minimum atomic E-state index is -1.23. The summed E-state index contributed by atoms with van der Waals surface area (Å²) in [5.74, 6) is -0.586. The molecule has 9 heteroatoms. The van der Waals surface area contributed by atoms with E-state index in [9.17, 15) is 19.2 Å². The number of carbonyl (C=O) groups is 4. The average molecular weight is 402 g/mol. The third kappa shape index (κ3) is 4.18. The van der Waals surface area contributed by atoms with Gasteiger partial charge in [0, 0.05) is 13.1 Å². The summed E-state index contributed by atoms with van der Waals surface area (Å²) >= 11 is 0. The van der Waals surface area contributed by atoms with Gasteiger partial charge in [0.25, 0.3) is 5.91 Å². The Morgan fingerprint density at radius 3 is 2.48 bits per heavy atom. The van der Waals surface area contributed by atoms with Crippen LogP contribution in [0.25, 0.3) is 0 Å². The zero-order chi connectivity index (χ0) is 21.2. The molecule has 0 radical (unpaired) electrons. The number of nitrogens with one attached hydrogen (secondary N) is 2. The van der Waals surface area contributed by atoms with Gasteiger partial charge in [0.15, 0.2) is 0 Å². The Morgan fingerprint density at radius 2 is 1.93 bits per heavy atom. The highest BCUT2D eigenvalue weighted by Crippen LogP contribution is 2.33. The molecule has 2 N–H and O–H groups in total. The molecule has 5 amide bonds. The average Bonchev–Trinajstić information content (AvgIpc) is 3.49. The lowest BCUT2D eigenvalue weighted by molar-refractivity contribution is -0.140. The zero-order valence-electron chi connectivity index (χ0n) is 16.9. The van der Waals surface area contributed by atoms with Crippen LogP contribution in [0.1, 0.15) is 31.7 Å². The number of imide groups is 1. The Balaban J connectivity index is 1.69. The van der Waals surface area contributed by atoms with Gasteiger partial charge in [-0.25, -0.2) is 4.79 Å². The fraction of sp³-hybridized carbons (Fsp3) is 0.500. The van der Waals surface area contributed by atoms with E-state index in [0.717, 1.165) is 17.7 Å². The quantitative estimate of drug-likeness (QED) is 0.619. The van der Waals surface area contributed by atoms with E-state index in [1.54, 1.807) is 38.3 Å². The first kappa shape index (κ1) is 20.6. The van der Waals surface area contributed by atoms with Crippen molar-refractivity contribution in [3.8, 4) is 5.75 Å². The smallest absolute Gasteiger partial charge is 0.325 e. The zero-order valence-corrected chi connectivity index (χ0v) is 16.9. The minimum Gasteiger partial charge on any atom is -0.497 e. The van der Waals surface area contributed by atoms with Crippen molar-refractivity contribution in [1.29, 1.82) is 0 Å². The van der Waals surface area contributed by atoms with Crippen LogP contribution >= 0.6 is 0 Å². The van der Waals surface area contributed by atoms with Gasteiger partial charge in [-0.3, -0.25) is 19.3 Å². The normalized spacial score (nSPS) is 21.0. The lowest BCUT2D eigenvalue weighted by Gasteiger charge is -2.26. The summed E-state index contributed by atoms with van der Waals surface area (Å²) < 4.78 is 5.14. The second kappa shape index (κ2) is 8.10. The van der Waals surface area contributed by atoms with E-state index >= 15 is 0 Å². The van der Waals surface area contributed by atoms with Crippen LogP contribution < -0.4 is 15.4 Å². The van der Waals surface area contributed by atoms with E-state index in [0.29, 0.717) is 17.7 Å². The summed E-state index contributed by atoms with van der Waals surface area (Å²) in [5, 5.41) is 5.54. The van der Waals surface area contributed by atoms with Gasteiger partial charge in [-0.15, -0.1) is 0 Å². The molecule has 1 aromatic rings. The van der Waals surface area contributed by atoms with Gasteiger partial charge >= 0.3 is 6.03 Å². The van der Waals surface area contributed by atoms with Crippen molar-refractivity contribution in [2.75, 3.05) is 27.2 Å². The summed E-state index contributed by atoms with van der Waals surface area (Å²) in [7, 11) is 3.02. The molecule has 2 fully saturated rings. The first-order valence-electron chi connectivity index (χ1n) is 9.62. The number of rotatable bonds is 8. The fourth-order valence-corrected chi connectivity index (χ4v) is 3.35. The Labute approximate surface area is 169 Å². The van der Waals surface area contributed by atoms with Crippen molar-refractivity contribution in [3.05, 3.63) is 29.8 Å². The molecule has 0 aromatic heterocycles. The number of urea groups is 1. The predicted molar refractivity (Wildman–Crippen MR) is 104 cm³/mol. The van der Waals surface area contributed by atoms with Crippen molar-refractivity contribution < 1.29 is 23.9 Å². The Kier molecular flexibility index (Phi) is 5.76. The van der Waals surface area contributed by atoms with Crippen molar-refractivity contribution in [3.63, 3.8) is 0 Å². The highest BCUT2D eigenvalue weighted by Gasteiger charge is 2.51. The number of nitrogens with zero attached hydrogens (tertiary/aromatic N) is 2. The minimum absolute atomic E-state index is 0.115. The number of amides is 5. The van der Waals surface area contributed by atoms with E-state index in [1.807, 2.05) is 0 Å². The van der Waals surface area contributed by atoms with Crippen LogP contribution in [0.2, 0.25) is 0 Å². The largest absolute Gasteiger partial charge is 0.497 e. The van der Waals surface area contributed by atoms with E-state index in [4.69, 9.17) is 4.74 Å². The Bertz CT molecular complexity index is 821. The van der Waals surface area contributed by atoms with Crippen molar-refractivity contribution in [2.24, 2.45) is 0 Å². The molecular formula is C20H26N4O5. The summed E-state index contributed by atoms with van der Waals surface area (Å²) in [4.78, 5) is 52.1. The number of likely N-dealkylation sites (N-methyl/N-ethyl adjacent to an activating group) is 1. The lowest BCUT2D eigenvalue weighted by atomic mass is 9.87. The summed E-state index contributed by atoms with van der Waals surface area (Å²) in [6.07, 6.45) is 2.24. The molecule has 1 atom stereocenters. The van der Waals surface area contributed by atoms with Crippen LogP contribution in [0.15, 0.2) is 24.3 Å². The number of carbonyl (C=O) groups excluding carboxylic acids is 4. The van der Waals surface area contributed by atoms with Gasteiger partial charge in [-0.2, -0.15) is 0 Å². The number of hydrogen-bond acceptors (Lipinski definition) is 5. The SMILES string of the molecule is CC[C@@]1(c2ccc(OC)cc2)NC(=O)N(CC(=O)N(C)CC(=O)NC2CC2)C1=O. The Hall–Kier alpha value is -3.10. The maximum Gasteiger partial charge on any atom is 0.325 e. The summed E-state index contributed by atoms with van der Waals surface area (Å²) in [6.45, 7) is 1.26. The van der Waals surface area contributed by atoms with E-state index in [2.05, 4.69) is 10.6 Å². The number of hydrogen-bond donors (Lipinski definition) is 2. The first-order valence-corrected chi connectivity index (χ1v) is 9.62. The van der Waals surface area contributed by atoms with Gasteiger partial charge in [0.05, 0.1) is 13.7 Å². The number of benzene rings is 1. The van der Waals surface area contributed by atoms with Crippen molar-refractivity contribution in [2.45, 2.75) is 37.8 Å². The first-order chi connectivity index (χ1) is 13.8. The molecule has 1 aromatic carbocycles. The topological polar surface area (TPSA) is 108 Å². The van der Waals surface area contributed by atoms with E-state index < -0.39 is 29.9 Å². The number of methoxy groups -OCH3 is 1. The van der Waals surface area contributed by atoms with Crippen LogP contribution in [0.5, 0.6) is 5.75 Å². The van der Waals surface area contributed by atoms with Crippen LogP contribution in [-0.2, 0) is 19.9 Å². The fourth-order valence-electron chi connectivity index (χ4n) is 3.35. The van der Waals surface area contributed by atoms with Crippen LogP contribution in [0, 0.1) is 0 Å². The predicted octanol–water partition coefficient (Wildman–Crippen LogP) is 0.589. The molecule has 29 heavy (non-hydrogen) atoms. The molecular weight excluding hydrogens is 376 g/mol.